The van der Waals surface area contributed by atoms with E-state index in [4.69, 9.17) is 4.42 Å². The lowest BCUT2D eigenvalue weighted by Crippen LogP contribution is -2.25. The molecule has 0 atom stereocenters. The largest absolute Gasteiger partial charge is 0.436 e. The van der Waals surface area contributed by atoms with E-state index in [0.717, 1.165) is 12.8 Å². The molecule has 1 aromatic rings. The third-order valence-corrected chi connectivity index (χ3v) is 2.02. The van der Waals surface area contributed by atoms with Gasteiger partial charge in [-0.1, -0.05) is 0 Å². The summed E-state index contributed by atoms with van der Waals surface area (Å²) in [4.78, 5) is 15.5. The van der Waals surface area contributed by atoms with Crippen LogP contribution in [0.1, 0.15) is 35.0 Å². The highest BCUT2D eigenvalue weighted by Gasteiger charge is 2.26. The Morgan fingerprint density at radius 1 is 1.54 bits per heavy atom. The topological polar surface area (TPSA) is 55.1 Å². The highest BCUT2D eigenvalue weighted by atomic mass is 16.4. The SMILES string of the molecule is Cc1nc(C)c(C(=O)NC2CC2)o1. The molecule has 1 aliphatic rings. The molecule has 70 valence electrons. The molecular formula is C9H12N2O2. The lowest BCUT2D eigenvalue weighted by molar-refractivity contribution is 0.0921. The van der Waals surface area contributed by atoms with Gasteiger partial charge in [-0.2, -0.15) is 0 Å². The molecular weight excluding hydrogens is 168 g/mol. The summed E-state index contributed by atoms with van der Waals surface area (Å²) < 4.78 is 5.18. The first kappa shape index (κ1) is 8.29. The third kappa shape index (κ3) is 1.71. The van der Waals surface area contributed by atoms with Gasteiger partial charge < -0.3 is 9.73 Å². The smallest absolute Gasteiger partial charge is 0.289 e. The maximum atomic E-state index is 11.5. The number of nitrogens with one attached hydrogen (secondary N) is 1. The normalized spacial score (nSPS) is 15.8. The van der Waals surface area contributed by atoms with E-state index in [2.05, 4.69) is 10.3 Å². The van der Waals surface area contributed by atoms with Crippen LogP contribution in [0.15, 0.2) is 4.42 Å². The van der Waals surface area contributed by atoms with E-state index < -0.39 is 0 Å². The van der Waals surface area contributed by atoms with Gasteiger partial charge in [-0.15, -0.1) is 0 Å². The second-order valence-electron chi connectivity index (χ2n) is 3.40. The highest BCUT2D eigenvalue weighted by molar-refractivity contribution is 5.92. The number of carbonyl (C=O) groups is 1. The summed E-state index contributed by atoms with van der Waals surface area (Å²) in [5, 5.41) is 2.85. The minimum atomic E-state index is -0.138. The standard InChI is InChI=1S/C9H12N2O2/c1-5-8(13-6(2)10-5)9(12)11-7-3-4-7/h7H,3-4H2,1-2H3,(H,11,12). The summed E-state index contributed by atoms with van der Waals surface area (Å²) in [7, 11) is 0. The Bertz CT molecular complexity index is 339. The molecule has 0 spiro atoms. The summed E-state index contributed by atoms with van der Waals surface area (Å²) in [6.45, 7) is 3.51. The average Bonchev–Trinajstić information content (AvgIpc) is 2.77. The van der Waals surface area contributed by atoms with E-state index in [9.17, 15) is 4.79 Å². The molecule has 0 radical (unpaired) electrons. The summed E-state index contributed by atoms with van der Waals surface area (Å²) in [6.07, 6.45) is 2.16. The first-order valence-corrected chi connectivity index (χ1v) is 4.41. The van der Waals surface area contributed by atoms with Gasteiger partial charge in [-0.05, 0) is 19.8 Å². The van der Waals surface area contributed by atoms with Gasteiger partial charge in [0.2, 0.25) is 5.76 Å². The van der Waals surface area contributed by atoms with Crippen molar-refractivity contribution in [2.75, 3.05) is 0 Å². The van der Waals surface area contributed by atoms with Crippen LogP contribution in [0.2, 0.25) is 0 Å². The zero-order valence-electron chi connectivity index (χ0n) is 7.76. The molecule has 0 aliphatic heterocycles. The van der Waals surface area contributed by atoms with Crippen LogP contribution < -0.4 is 5.32 Å². The molecule has 1 aliphatic carbocycles. The quantitative estimate of drug-likeness (QED) is 0.743. The van der Waals surface area contributed by atoms with Gasteiger partial charge in [-0.25, -0.2) is 4.98 Å². The molecule has 4 heteroatoms. The molecule has 1 aromatic heterocycles. The highest BCUT2D eigenvalue weighted by Crippen LogP contribution is 2.20. The van der Waals surface area contributed by atoms with Gasteiger partial charge in [-0.3, -0.25) is 4.79 Å². The van der Waals surface area contributed by atoms with Crippen molar-refractivity contribution in [3.05, 3.63) is 17.3 Å². The number of nitrogens with zero attached hydrogens (tertiary/aromatic N) is 1. The van der Waals surface area contributed by atoms with E-state index in [-0.39, 0.29) is 5.91 Å². The van der Waals surface area contributed by atoms with Gasteiger partial charge >= 0.3 is 0 Å². The maximum absolute atomic E-state index is 11.5. The van der Waals surface area contributed by atoms with Crippen LogP contribution in [0.25, 0.3) is 0 Å². The predicted molar refractivity (Wildman–Crippen MR) is 46.5 cm³/mol. The zero-order chi connectivity index (χ0) is 9.42. The number of hydrogen-bond donors (Lipinski definition) is 1. The molecule has 0 bridgehead atoms. The fraction of sp³-hybridized carbons (Fsp3) is 0.556. The fourth-order valence-electron chi connectivity index (χ4n) is 1.22. The van der Waals surface area contributed by atoms with Gasteiger partial charge in [0.25, 0.3) is 5.91 Å². The number of hydrogen-bond acceptors (Lipinski definition) is 3. The van der Waals surface area contributed by atoms with Crippen molar-refractivity contribution in [1.82, 2.24) is 10.3 Å². The number of oxazole rings is 1. The van der Waals surface area contributed by atoms with Gasteiger partial charge in [0.1, 0.15) is 0 Å². The lowest BCUT2D eigenvalue weighted by Gasteiger charge is -1.98. The summed E-state index contributed by atoms with van der Waals surface area (Å²) >= 11 is 0. The van der Waals surface area contributed by atoms with Crippen molar-refractivity contribution < 1.29 is 9.21 Å². The Labute approximate surface area is 76.3 Å². The minimum absolute atomic E-state index is 0.138. The third-order valence-electron chi connectivity index (χ3n) is 2.02. The molecule has 1 heterocycles. The van der Waals surface area contributed by atoms with Crippen LogP contribution in [0.4, 0.5) is 0 Å². The predicted octanol–water partition coefficient (Wildman–Crippen LogP) is 1.18. The molecule has 2 rings (SSSR count). The molecule has 1 N–H and O–H groups in total. The second-order valence-corrected chi connectivity index (χ2v) is 3.40. The van der Waals surface area contributed by atoms with Crippen LogP contribution in [0.5, 0.6) is 0 Å². The van der Waals surface area contributed by atoms with Crippen LogP contribution in [0.3, 0.4) is 0 Å². The van der Waals surface area contributed by atoms with E-state index in [1.807, 2.05) is 0 Å². The number of rotatable bonds is 2. The van der Waals surface area contributed by atoms with E-state index in [1.54, 1.807) is 13.8 Å². The Balaban J connectivity index is 2.13. The van der Waals surface area contributed by atoms with E-state index >= 15 is 0 Å². The Morgan fingerprint density at radius 3 is 2.69 bits per heavy atom. The van der Waals surface area contributed by atoms with Crippen molar-refractivity contribution in [1.29, 1.82) is 0 Å². The number of aromatic nitrogens is 1. The summed E-state index contributed by atoms with van der Waals surface area (Å²) in [6, 6.07) is 0.359. The molecule has 1 amide bonds. The molecule has 0 unspecified atom stereocenters. The summed E-state index contributed by atoms with van der Waals surface area (Å²) in [5.41, 5.74) is 0.663. The minimum Gasteiger partial charge on any atom is -0.436 e. The first-order chi connectivity index (χ1) is 6.16. The van der Waals surface area contributed by atoms with E-state index in [0.29, 0.717) is 23.4 Å². The maximum Gasteiger partial charge on any atom is 0.289 e. The lowest BCUT2D eigenvalue weighted by atomic mass is 10.3. The molecule has 13 heavy (non-hydrogen) atoms. The Kier molecular flexibility index (Phi) is 1.83. The summed E-state index contributed by atoms with van der Waals surface area (Å²) in [5.74, 6) is 0.753. The van der Waals surface area contributed by atoms with Crippen LogP contribution in [-0.4, -0.2) is 16.9 Å². The Hall–Kier alpha value is -1.32. The van der Waals surface area contributed by atoms with Crippen molar-refractivity contribution in [3.63, 3.8) is 0 Å². The average molecular weight is 180 g/mol. The molecule has 1 fully saturated rings. The first-order valence-electron chi connectivity index (χ1n) is 4.41. The molecule has 0 aromatic carbocycles. The van der Waals surface area contributed by atoms with Gasteiger partial charge in [0, 0.05) is 13.0 Å². The molecule has 4 nitrogen and oxygen atoms in total. The van der Waals surface area contributed by atoms with Crippen molar-refractivity contribution in [2.24, 2.45) is 0 Å². The molecule has 0 saturated heterocycles. The van der Waals surface area contributed by atoms with Crippen LogP contribution in [0, 0.1) is 13.8 Å². The van der Waals surface area contributed by atoms with Crippen LogP contribution >= 0.6 is 0 Å². The Morgan fingerprint density at radius 2 is 2.23 bits per heavy atom. The number of aryl methyl sites for hydroxylation is 2. The monoisotopic (exact) mass is 180 g/mol. The number of carbonyl (C=O) groups excluding carboxylic acids is 1. The van der Waals surface area contributed by atoms with Crippen molar-refractivity contribution in [3.8, 4) is 0 Å². The van der Waals surface area contributed by atoms with Crippen molar-refractivity contribution in [2.45, 2.75) is 32.7 Å². The van der Waals surface area contributed by atoms with Gasteiger partial charge in [0.05, 0.1) is 5.69 Å². The van der Waals surface area contributed by atoms with Crippen molar-refractivity contribution >= 4 is 5.91 Å². The van der Waals surface area contributed by atoms with E-state index in [1.165, 1.54) is 0 Å². The number of amides is 1. The zero-order valence-corrected chi connectivity index (χ0v) is 7.76. The fourth-order valence-corrected chi connectivity index (χ4v) is 1.22. The second kappa shape index (κ2) is 2.87. The van der Waals surface area contributed by atoms with Gasteiger partial charge in [0.15, 0.2) is 5.89 Å². The molecule has 1 saturated carbocycles. The van der Waals surface area contributed by atoms with Crippen LogP contribution in [-0.2, 0) is 0 Å².